The zero-order valence-electron chi connectivity index (χ0n) is 12.4. The summed E-state index contributed by atoms with van der Waals surface area (Å²) in [5, 5.41) is 0.349. The summed E-state index contributed by atoms with van der Waals surface area (Å²) in [6.07, 6.45) is 7.60. The molecule has 0 aromatic carbocycles. The zero-order valence-corrected chi connectivity index (χ0v) is 14.7. The lowest BCUT2D eigenvalue weighted by atomic mass is 10.1. The van der Waals surface area contributed by atoms with E-state index >= 15 is 0 Å². The van der Waals surface area contributed by atoms with E-state index in [1.165, 1.54) is 38.9 Å². The Bertz CT molecular complexity index is 584. The predicted molar refractivity (Wildman–Crippen MR) is 88.2 cm³/mol. The van der Waals surface area contributed by atoms with Crippen molar-refractivity contribution < 1.29 is 4.74 Å². The van der Waals surface area contributed by atoms with Crippen molar-refractivity contribution in [1.82, 2.24) is 19.3 Å². The Labute approximate surface area is 138 Å². The number of halogens is 2. The Morgan fingerprint density at radius 1 is 1.33 bits per heavy atom. The number of rotatable bonds is 2. The average molecular weight is 376 g/mol. The van der Waals surface area contributed by atoms with Gasteiger partial charge in [0.05, 0.1) is 13.3 Å². The minimum absolute atomic E-state index is 0.349. The van der Waals surface area contributed by atoms with Gasteiger partial charge in [-0.15, -0.1) is 0 Å². The summed E-state index contributed by atoms with van der Waals surface area (Å²) in [7, 11) is 1.54. The monoisotopic (exact) mass is 374 g/mol. The van der Waals surface area contributed by atoms with E-state index < -0.39 is 0 Å². The van der Waals surface area contributed by atoms with Crippen molar-refractivity contribution in [3.63, 3.8) is 0 Å². The van der Waals surface area contributed by atoms with Crippen LogP contribution in [0.5, 0.6) is 5.88 Å². The molecule has 0 unspecified atom stereocenters. The Morgan fingerprint density at radius 2 is 2.05 bits per heavy atom. The van der Waals surface area contributed by atoms with Crippen molar-refractivity contribution in [2.75, 3.05) is 26.7 Å². The lowest BCUT2D eigenvalue weighted by molar-refractivity contribution is 0.240. The van der Waals surface area contributed by atoms with Gasteiger partial charge in [0.2, 0.25) is 5.88 Å². The smallest absolute Gasteiger partial charge is 0.241 e. The number of fused-ring (bicyclic) bond motifs is 1. The SMILES string of the molecule is CCN1CCCCC1.COc1nc(Cl)c(Br)n2cncc12. The molecule has 3 rings (SSSR count). The van der Waals surface area contributed by atoms with Gasteiger partial charge in [0.25, 0.3) is 0 Å². The molecule has 0 spiro atoms. The molecule has 21 heavy (non-hydrogen) atoms. The molecule has 3 heterocycles. The first kappa shape index (κ1) is 16.5. The highest BCUT2D eigenvalue weighted by atomic mass is 79.9. The molecule has 0 aliphatic carbocycles. The van der Waals surface area contributed by atoms with Crippen LogP contribution in [0.4, 0.5) is 0 Å². The molecule has 0 N–H and O–H groups in total. The number of hydrogen-bond donors (Lipinski definition) is 0. The van der Waals surface area contributed by atoms with Crippen LogP contribution in [0, 0.1) is 0 Å². The first-order valence-corrected chi connectivity index (χ1v) is 8.27. The summed E-state index contributed by atoms with van der Waals surface area (Å²) in [4.78, 5) is 10.5. The van der Waals surface area contributed by atoms with E-state index in [4.69, 9.17) is 16.3 Å². The van der Waals surface area contributed by atoms with Crippen LogP contribution in [0.15, 0.2) is 17.1 Å². The van der Waals surface area contributed by atoms with Gasteiger partial charge in [-0.1, -0.05) is 24.9 Å². The van der Waals surface area contributed by atoms with Crippen LogP contribution in [0.3, 0.4) is 0 Å². The number of aromatic nitrogens is 3. The summed E-state index contributed by atoms with van der Waals surface area (Å²) in [5.41, 5.74) is 0.777. The van der Waals surface area contributed by atoms with E-state index in [2.05, 4.69) is 37.7 Å². The maximum Gasteiger partial charge on any atom is 0.241 e. The molecule has 1 fully saturated rings. The van der Waals surface area contributed by atoms with E-state index in [0.29, 0.717) is 15.6 Å². The van der Waals surface area contributed by atoms with Crippen molar-refractivity contribution in [1.29, 1.82) is 0 Å². The number of methoxy groups -OCH3 is 1. The van der Waals surface area contributed by atoms with Crippen LogP contribution >= 0.6 is 27.5 Å². The van der Waals surface area contributed by atoms with Crippen LogP contribution in [0.25, 0.3) is 5.52 Å². The number of nitrogens with zero attached hydrogens (tertiary/aromatic N) is 4. The highest BCUT2D eigenvalue weighted by Crippen LogP contribution is 2.27. The summed E-state index contributed by atoms with van der Waals surface area (Å²) >= 11 is 9.14. The predicted octanol–water partition coefficient (Wildman–Crippen LogP) is 3.65. The second-order valence-corrected chi connectivity index (χ2v) is 5.96. The maximum absolute atomic E-state index is 5.84. The molecular formula is C14H20BrClN4O. The van der Waals surface area contributed by atoms with E-state index in [-0.39, 0.29) is 0 Å². The molecule has 0 bridgehead atoms. The number of ether oxygens (including phenoxy) is 1. The maximum atomic E-state index is 5.84. The van der Waals surface area contributed by atoms with Gasteiger partial charge >= 0.3 is 0 Å². The van der Waals surface area contributed by atoms with Crippen molar-refractivity contribution in [2.24, 2.45) is 0 Å². The van der Waals surface area contributed by atoms with Crippen LogP contribution in [0.2, 0.25) is 5.15 Å². The molecule has 0 amide bonds. The van der Waals surface area contributed by atoms with Gasteiger partial charge in [0, 0.05) is 0 Å². The lowest BCUT2D eigenvalue weighted by Gasteiger charge is -2.24. The largest absolute Gasteiger partial charge is 0.479 e. The molecule has 2 aromatic rings. The third-order valence-corrected chi connectivity index (χ3v) is 4.78. The Morgan fingerprint density at radius 3 is 2.62 bits per heavy atom. The number of piperidine rings is 1. The molecule has 116 valence electrons. The fourth-order valence-corrected chi connectivity index (χ4v) is 2.87. The Kier molecular flexibility index (Phi) is 6.26. The third-order valence-electron chi connectivity index (χ3n) is 3.53. The second-order valence-electron chi connectivity index (χ2n) is 4.85. The quantitative estimate of drug-likeness (QED) is 0.803. The molecule has 0 saturated carbocycles. The van der Waals surface area contributed by atoms with E-state index in [0.717, 1.165) is 5.52 Å². The number of likely N-dealkylation sites (tertiary alicyclic amines) is 1. The fourth-order valence-electron chi connectivity index (χ4n) is 2.33. The average Bonchev–Trinajstić information content (AvgIpc) is 3.02. The molecule has 7 heteroatoms. The van der Waals surface area contributed by atoms with Gasteiger partial charge in [0.1, 0.15) is 16.4 Å². The first-order chi connectivity index (χ1) is 10.2. The van der Waals surface area contributed by atoms with Crippen LogP contribution in [-0.2, 0) is 0 Å². The minimum Gasteiger partial charge on any atom is -0.479 e. The highest BCUT2D eigenvalue weighted by Gasteiger charge is 2.10. The second kappa shape index (κ2) is 7.96. The van der Waals surface area contributed by atoms with Gasteiger partial charge in [-0.25, -0.2) is 4.98 Å². The highest BCUT2D eigenvalue weighted by molar-refractivity contribution is 9.10. The molecule has 2 aromatic heterocycles. The standard InChI is InChI=1S/C7H5BrClN3O.C7H15N/c1-13-7-4-2-10-3-12(4)5(8)6(9)11-7;1-2-8-6-4-3-5-7-8/h2-3H,1H3;2-7H2,1H3. The molecule has 1 aliphatic heterocycles. The van der Waals surface area contributed by atoms with E-state index in [9.17, 15) is 0 Å². The molecule has 0 radical (unpaired) electrons. The number of imidazole rings is 1. The van der Waals surface area contributed by atoms with Crippen molar-refractivity contribution in [2.45, 2.75) is 26.2 Å². The number of hydrogen-bond acceptors (Lipinski definition) is 4. The van der Waals surface area contributed by atoms with Crippen molar-refractivity contribution >= 4 is 33.0 Å². The Balaban J connectivity index is 0.000000173. The minimum atomic E-state index is 0.349. The third kappa shape index (κ3) is 4.08. The topological polar surface area (TPSA) is 42.7 Å². The van der Waals surface area contributed by atoms with Gasteiger partial charge in [-0.05, 0) is 48.4 Å². The van der Waals surface area contributed by atoms with Gasteiger partial charge < -0.3 is 9.64 Å². The molecule has 1 saturated heterocycles. The van der Waals surface area contributed by atoms with Crippen LogP contribution < -0.4 is 4.74 Å². The van der Waals surface area contributed by atoms with Gasteiger partial charge in [0.15, 0.2) is 5.15 Å². The fraction of sp³-hybridized carbons (Fsp3) is 0.571. The molecule has 0 atom stereocenters. The van der Waals surface area contributed by atoms with Crippen molar-refractivity contribution in [3.05, 3.63) is 22.3 Å². The zero-order chi connectivity index (χ0) is 15.2. The molecular weight excluding hydrogens is 356 g/mol. The van der Waals surface area contributed by atoms with Gasteiger partial charge in [-0.3, -0.25) is 4.40 Å². The Hall–Kier alpha value is -0.850. The van der Waals surface area contributed by atoms with E-state index in [1.54, 1.807) is 24.0 Å². The summed E-state index contributed by atoms with van der Waals surface area (Å²) in [6, 6.07) is 0. The van der Waals surface area contributed by atoms with Gasteiger partial charge in [-0.2, -0.15) is 4.98 Å². The van der Waals surface area contributed by atoms with Crippen LogP contribution in [0.1, 0.15) is 26.2 Å². The molecule has 5 nitrogen and oxygen atoms in total. The van der Waals surface area contributed by atoms with Crippen molar-refractivity contribution in [3.8, 4) is 5.88 Å². The summed E-state index contributed by atoms with van der Waals surface area (Å²) in [5.74, 6) is 0.464. The summed E-state index contributed by atoms with van der Waals surface area (Å²) in [6.45, 7) is 6.18. The van der Waals surface area contributed by atoms with E-state index in [1.807, 2.05) is 0 Å². The summed E-state index contributed by atoms with van der Waals surface area (Å²) < 4.78 is 7.47. The van der Waals surface area contributed by atoms with Crippen LogP contribution in [-0.4, -0.2) is 46.0 Å². The normalized spacial score (nSPS) is 15.6. The molecule has 1 aliphatic rings. The lowest BCUT2D eigenvalue weighted by Crippen LogP contribution is -2.29. The first-order valence-electron chi connectivity index (χ1n) is 7.10.